The summed E-state index contributed by atoms with van der Waals surface area (Å²) in [7, 11) is -2.21. The van der Waals surface area contributed by atoms with Gasteiger partial charge >= 0.3 is 0 Å². The molecule has 0 radical (unpaired) electrons. The Hall–Kier alpha value is -1.18. The molecule has 0 N–H and O–H groups in total. The summed E-state index contributed by atoms with van der Waals surface area (Å²) in [6, 6.07) is 3.25. The van der Waals surface area contributed by atoms with E-state index in [-0.39, 0.29) is 16.9 Å². The number of aromatic nitrogens is 1. The SMILES string of the molecule is CCC1CN(S(=O)(=O)c2ncccc2OC)CCCO1. The first-order chi connectivity index (χ1) is 9.59. The van der Waals surface area contributed by atoms with Gasteiger partial charge in [-0.25, -0.2) is 13.4 Å². The largest absolute Gasteiger partial charge is 0.494 e. The molecule has 1 saturated heterocycles. The van der Waals surface area contributed by atoms with Gasteiger partial charge in [-0.2, -0.15) is 4.31 Å². The monoisotopic (exact) mass is 300 g/mol. The normalized spacial score (nSPS) is 21.4. The highest BCUT2D eigenvalue weighted by Gasteiger charge is 2.32. The second-order valence-electron chi connectivity index (χ2n) is 4.63. The Labute approximate surface area is 119 Å². The third kappa shape index (κ3) is 3.11. The lowest BCUT2D eigenvalue weighted by Gasteiger charge is -2.22. The summed E-state index contributed by atoms with van der Waals surface area (Å²) in [5.74, 6) is 0.269. The van der Waals surface area contributed by atoms with E-state index in [2.05, 4.69) is 4.98 Å². The maximum atomic E-state index is 12.7. The van der Waals surface area contributed by atoms with Crippen molar-refractivity contribution in [2.24, 2.45) is 0 Å². The summed E-state index contributed by atoms with van der Waals surface area (Å²) in [5.41, 5.74) is 0. The van der Waals surface area contributed by atoms with Crippen molar-refractivity contribution in [3.63, 3.8) is 0 Å². The van der Waals surface area contributed by atoms with Crippen molar-refractivity contribution in [2.45, 2.75) is 30.9 Å². The van der Waals surface area contributed by atoms with Crippen molar-refractivity contribution in [3.8, 4) is 5.75 Å². The molecule has 7 heteroatoms. The van der Waals surface area contributed by atoms with Crippen molar-refractivity contribution in [1.29, 1.82) is 0 Å². The second kappa shape index (κ2) is 6.51. The standard InChI is InChI=1S/C13H20N2O4S/c1-3-11-10-15(8-5-9-19-11)20(16,17)13-12(18-2)6-4-7-14-13/h4,6-7,11H,3,5,8-10H2,1-2H3. The lowest BCUT2D eigenvalue weighted by atomic mass is 10.3. The zero-order valence-electron chi connectivity index (χ0n) is 11.8. The summed E-state index contributed by atoms with van der Waals surface area (Å²) in [6.07, 6.45) is 2.86. The number of rotatable bonds is 4. The zero-order chi connectivity index (χ0) is 14.6. The molecule has 1 fully saturated rings. The van der Waals surface area contributed by atoms with Crippen LogP contribution in [0.2, 0.25) is 0 Å². The minimum Gasteiger partial charge on any atom is -0.494 e. The fourth-order valence-corrected chi connectivity index (χ4v) is 3.75. The molecule has 1 atom stereocenters. The lowest BCUT2D eigenvalue weighted by Crippen LogP contribution is -2.37. The van der Waals surface area contributed by atoms with Crippen LogP contribution in [0, 0.1) is 0 Å². The summed E-state index contributed by atoms with van der Waals surface area (Å²) in [4.78, 5) is 3.98. The first-order valence-electron chi connectivity index (χ1n) is 6.70. The summed E-state index contributed by atoms with van der Waals surface area (Å²) in [5, 5.41) is -0.0285. The number of sulfonamides is 1. The van der Waals surface area contributed by atoms with Gasteiger partial charge in [-0.15, -0.1) is 0 Å². The van der Waals surface area contributed by atoms with Crippen LogP contribution in [0.4, 0.5) is 0 Å². The molecule has 20 heavy (non-hydrogen) atoms. The van der Waals surface area contributed by atoms with E-state index in [1.54, 1.807) is 12.1 Å². The van der Waals surface area contributed by atoms with Crippen molar-refractivity contribution in [1.82, 2.24) is 9.29 Å². The van der Waals surface area contributed by atoms with E-state index in [0.717, 1.165) is 6.42 Å². The number of hydrogen-bond acceptors (Lipinski definition) is 5. The van der Waals surface area contributed by atoms with Crippen LogP contribution in [0.25, 0.3) is 0 Å². The van der Waals surface area contributed by atoms with Gasteiger partial charge in [0.2, 0.25) is 5.03 Å². The Morgan fingerprint density at radius 1 is 1.55 bits per heavy atom. The fourth-order valence-electron chi connectivity index (χ4n) is 2.17. The Bertz CT molecular complexity index is 547. The van der Waals surface area contributed by atoms with Gasteiger partial charge in [0.05, 0.1) is 13.2 Å². The molecule has 0 bridgehead atoms. The maximum Gasteiger partial charge on any atom is 0.264 e. The number of ether oxygens (including phenoxy) is 2. The van der Waals surface area contributed by atoms with Crippen LogP contribution < -0.4 is 4.74 Å². The molecule has 0 spiro atoms. The molecule has 2 heterocycles. The number of methoxy groups -OCH3 is 1. The quantitative estimate of drug-likeness (QED) is 0.838. The van der Waals surface area contributed by atoms with Gasteiger partial charge in [0, 0.05) is 25.9 Å². The second-order valence-corrected chi connectivity index (χ2v) is 6.48. The molecule has 0 aliphatic carbocycles. The van der Waals surface area contributed by atoms with E-state index in [4.69, 9.17) is 9.47 Å². The predicted octanol–water partition coefficient (Wildman–Crippen LogP) is 1.28. The summed E-state index contributed by atoms with van der Waals surface area (Å²) in [6.45, 7) is 3.38. The zero-order valence-corrected chi connectivity index (χ0v) is 12.6. The molecule has 2 rings (SSSR count). The third-order valence-corrected chi connectivity index (χ3v) is 5.12. The summed E-state index contributed by atoms with van der Waals surface area (Å²) >= 11 is 0. The highest BCUT2D eigenvalue weighted by atomic mass is 32.2. The minimum atomic E-state index is -3.65. The van der Waals surface area contributed by atoms with Gasteiger partial charge in [0.1, 0.15) is 0 Å². The van der Waals surface area contributed by atoms with Crippen LogP contribution in [0.3, 0.4) is 0 Å². The molecule has 1 aliphatic rings. The Balaban J connectivity index is 2.33. The minimum absolute atomic E-state index is 0.0285. The van der Waals surface area contributed by atoms with Crippen LogP contribution in [-0.4, -0.2) is 50.6 Å². The average molecular weight is 300 g/mol. The number of pyridine rings is 1. The van der Waals surface area contributed by atoms with Gasteiger partial charge in [0.25, 0.3) is 10.0 Å². The fraction of sp³-hybridized carbons (Fsp3) is 0.615. The van der Waals surface area contributed by atoms with Crippen molar-refractivity contribution in [2.75, 3.05) is 26.8 Å². The maximum absolute atomic E-state index is 12.7. The molecule has 0 saturated carbocycles. The van der Waals surface area contributed by atoms with E-state index in [0.29, 0.717) is 26.1 Å². The van der Waals surface area contributed by atoms with Gasteiger partial charge in [-0.3, -0.25) is 0 Å². The van der Waals surface area contributed by atoms with Crippen molar-refractivity contribution < 1.29 is 17.9 Å². The smallest absolute Gasteiger partial charge is 0.264 e. The first kappa shape index (κ1) is 15.2. The third-order valence-electron chi connectivity index (χ3n) is 3.31. The van der Waals surface area contributed by atoms with Crippen LogP contribution in [0.5, 0.6) is 5.75 Å². The molecule has 6 nitrogen and oxygen atoms in total. The van der Waals surface area contributed by atoms with Gasteiger partial charge in [-0.05, 0) is 25.0 Å². The molecule has 1 unspecified atom stereocenters. The predicted molar refractivity (Wildman–Crippen MR) is 74.2 cm³/mol. The van der Waals surface area contributed by atoms with Crippen molar-refractivity contribution in [3.05, 3.63) is 18.3 Å². The van der Waals surface area contributed by atoms with Crippen LogP contribution in [-0.2, 0) is 14.8 Å². The highest BCUT2D eigenvalue weighted by molar-refractivity contribution is 7.89. The van der Waals surface area contributed by atoms with Gasteiger partial charge < -0.3 is 9.47 Å². The van der Waals surface area contributed by atoms with Crippen LogP contribution >= 0.6 is 0 Å². The lowest BCUT2D eigenvalue weighted by molar-refractivity contribution is 0.0592. The molecule has 0 aromatic carbocycles. The van der Waals surface area contributed by atoms with E-state index in [1.807, 2.05) is 6.92 Å². The van der Waals surface area contributed by atoms with E-state index >= 15 is 0 Å². The van der Waals surface area contributed by atoms with Crippen LogP contribution in [0.15, 0.2) is 23.4 Å². The molecule has 0 amide bonds. The molecule has 112 valence electrons. The van der Waals surface area contributed by atoms with Crippen LogP contribution in [0.1, 0.15) is 19.8 Å². The van der Waals surface area contributed by atoms with E-state index in [1.165, 1.54) is 17.6 Å². The molecule has 1 aromatic rings. The van der Waals surface area contributed by atoms with E-state index < -0.39 is 10.0 Å². The molecular weight excluding hydrogens is 280 g/mol. The molecular formula is C13H20N2O4S. The Morgan fingerprint density at radius 3 is 3.05 bits per heavy atom. The van der Waals surface area contributed by atoms with E-state index in [9.17, 15) is 8.42 Å². The van der Waals surface area contributed by atoms with Crippen molar-refractivity contribution >= 4 is 10.0 Å². The first-order valence-corrected chi connectivity index (χ1v) is 8.14. The van der Waals surface area contributed by atoms with Gasteiger partial charge in [-0.1, -0.05) is 6.92 Å². The topological polar surface area (TPSA) is 68.7 Å². The van der Waals surface area contributed by atoms with Gasteiger partial charge in [0.15, 0.2) is 5.75 Å². The highest BCUT2D eigenvalue weighted by Crippen LogP contribution is 2.25. The molecule has 1 aliphatic heterocycles. The number of nitrogens with zero attached hydrogens (tertiary/aromatic N) is 2. The molecule has 1 aromatic heterocycles. The average Bonchev–Trinajstić information content (AvgIpc) is 2.73. The summed E-state index contributed by atoms with van der Waals surface area (Å²) < 4.78 is 37.6. The Morgan fingerprint density at radius 2 is 2.35 bits per heavy atom. The Kier molecular flexibility index (Phi) is 4.95. The number of hydrogen-bond donors (Lipinski definition) is 0.